The number of pyridine rings is 1. The number of aromatic nitrogens is 1. The zero-order valence-corrected chi connectivity index (χ0v) is 13.1. The Labute approximate surface area is 131 Å². The molecule has 3 rings (SSSR count). The second-order valence-corrected chi connectivity index (χ2v) is 5.65. The van der Waals surface area contributed by atoms with Crippen LogP contribution in [0.5, 0.6) is 0 Å². The largest absolute Gasteiger partial charge is 0.278 e. The first-order valence-electron chi connectivity index (χ1n) is 6.63. The molecule has 0 amide bonds. The highest BCUT2D eigenvalue weighted by atomic mass is 79.9. The van der Waals surface area contributed by atoms with Crippen molar-refractivity contribution in [3.8, 4) is 0 Å². The SMILES string of the molecule is C/C(=N\Nc1ccc(Br)cc1)c1cc2ccccc2cn1. The monoisotopic (exact) mass is 339 g/mol. The topological polar surface area (TPSA) is 37.3 Å². The van der Waals surface area contributed by atoms with Crippen LogP contribution in [-0.4, -0.2) is 10.7 Å². The Hall–Kier alpha value is -2.20. The molecule has 0 unspecified atom stereocenters. The summed E-state index contributed by atoms with van der Waals surface area (Å²) in [6, 6.07) is 18.1. The van der Waals surface area contributed by atoms with Gasteiger partial charge in [0.05, 0.1) is 17.1 Å². The minimum Gasteiger partial charge on any atom is -0.278 e. The van der Waals surface area contributed by atoms with Crippen molar-refractivity contribution >= 4 is 38.1 Å². The first-order valence-corrected chi connectivity index (χ1v) is 7.43. The average molecular weight is 340 g/mol. The van der Waals surface area contributed by atoms with Gasteiger partial charge in [0.25, 0.3) is 0 Å². The summed E-state index contributed by atoms with van der Waals surface area (Å²) in [6.07, 6.45) is 1.88. The third-order valence-corrected chi connectivity index (χ3v) is 3.73. The molecule has 0 radical (unpaired) electrons. The predicted molar refractivity (Wildman–Crippen MR) is 91.7 cm³/mol. The van der Waals surface area contributed by atoms with Crippen molar-refractivity contribution in [1.29, 1.82) is 0 Å². The maximum absolute atomic E-state index is 4.45. The number of hydrazone groups is 1. The molecule has 3 nitrogen and oxygen atoms in total. The minimum atomic E-state index is 0.851. The van der Waals surface area contributed by atoms with Crippen molar-refractivity contribution in [2.24, 2.45) is 5.10 Å². The lowest BCUT2D eigenvalue weighted by Crippen LogP contribution is -2.02. The van der Waals surface area contributed by atoms with Gasteiger partial charge in [-0.05, 0) is 42.6 Å². The van der Waals surface area contributed by atoms with Crippen LogP contribution in [0, 0.1) is 0 Å². The van der Waals surface area contributed by atoms with Crippen LogP contribution < -0.4 is 5.43 Å². The van der Waals surface area contributed by atoms with E-state index >= 15 is 0 Å². The zero-order chi connectivity index (χ0) is 14.7. The Bertz CT molecular complexity index is 794. The molecule has 0 aliphatic rings. The molecule has 4 heteroatoms. The molecule has 104 valence electrons. The van der Waals surface area contributed by atoms with E-state index < -0.39 is 0 Å². The van der Waals surface area contributed by atoms with Gasteiger partial charge in [-0.2, -0.15) is 5.10 Å². The molecule has 0 aliphatic carbocycles. The molecule has 0 aliphatic heterocycles. The first kappa shape index (κ1) is 13.8. The van der Waals surface area contributed by atoms with E-state index in [1.165, 1.54) is 5.39 Å². The Morgan fingerprint density at radius 3 is 2.52 bits per heavy atom. The number of hydrogen-bond acceptors (Lipinski definition) is 3. The van der Waals surface area contributed by atoms with Crippen molar-refractivity contribution in [1.82, 2.24) is 4.98 Å². The fourth-order valence-electron chi connectivity index (χ4n) is 2.01. The van der Waals surface area contributed by atoms with Crippen LogP contribution in [0.25, 0.3) is 10.8 Å². The lowest BCUT2D eigenvalue weighted by Gasteiger charge is -2.04. The number of nitrogens with zero attached hydrogens (tertiary/aromatic N) is 2. The number of halogens is 1. The number of rotatable bonds is 3. The van der Waals surface area contributed by atoms with Gasteiger partial charge in [-0.15, -0.1) is 0 Å². The number of hydrogen-bond donors (Lipinski definition) is 1. The fourth-order valence-corrected chi connectivity index (χ4v) is 2.28. The number of benzene rings is 2. The van der Waals surface area contributed by atoms with Gasteiger partial charge in [0.2, 0.25) is 0 Å². The van der Waals surface area contributed by atoms with E-state index in [-0.39, 0.29) is 0 Å². The zero-order valence-electron chi connectivity index (χ0n) is 11.5. The van der Waals surface area contributed by atoms with E-state index in [4.69, 9.17) is 0 Å². The molecule has 0 fully saturated rings. The van der Waals surface area contributed by atoms with Crippen LogP contribution >= 0.6 is 15.9 Å². The van der Waals surface area contributed by atoms with Crippen molar-refractivity contribution in [2.75, 3.05) is 5.43 Å². The van der Waals surface area contributed by atoms with E-state index in [1.54, 1.807) is 0 Å². The van der Waals surface area contributed by atoms with Crippen LogP contribution in [0.2, 0.25) is 0 Å². The molecular weight excluding hydrogens is 326 g/mol. The first-order chi connectivity index (χ1) is 10.2. The Morgan fingerprint density at radius 1 is 1.05 bits per heavy atom. The van der Waals surface area contributed by atoms with Crippen molar-refractivity contribution < 1.29 is 0 Å². The van der Waals surface area contributed by atoms with Gasteiger partial charge < -0.3 is 0 Å². The fraction of sp³-hybridized carbons (Fsp3) is 0.0588. The summed E-state index contributed by atoms with van der Waals surface area (Å²) in [5.74, 6) is 0. The van der Waals surface area contributed by atoms with E-state index in [9.17, 15) is 0 Å². The van der Waals surface area contributed by atoms with Crippen molar-refractivity contribution in [2.45, 2.75) is 6.92 Å². The normalized spacial score (nSPS) is 11.6. The standard InChI is InChI=1S/C17H14BrN3/c1-12(20-21-16-8-6-15(18)7-9-16)17-10-13-4-2-3-5-14(13)11-19-17/h2-11,21H,1H3/b20-12+. The second-order valence-electron chi connectivity index (χ2n) is 4.73. The smallest absolute Gasteiger partial charge is 0.0865 e. The molecule has 21 heavy (non-hydrogen) atoms. The second kappa shape index (κ2) is 6.06. The van der Waals surface area contributed by atoms with Gasteiger partial charge >= 0.3 is 0 Å². The summed E-state index contributed by atoms with van der Waals surface area (Å²) in [7, 11) is 0. The molecule has 1 aromatic heterocycles. The Kier molecular flexibility index (Phi) is 3.97. The predicted octanol–water partition coefficient (Wildman–Crippen LogP) is 4.83. The highest BCUT2D eigenvalue weighted by molar-refractivity contribution is 9.10. The number of anilines is 1. The van der Waals surface area contributed by atoms with E-state index in [1.807, 2.05) is 49.5 Å². The van der Waals surface area contributed by atoms with Gasteiger partial charge in [0, 0.05) is 16.1 Å². The van der Waals surface area contributed by atoms with Crippen LogP contribution in [-0.2, 0) is 0 Å². The molecule has 0 saturated carbocycles. The summed E-state index contributed by atoms with van der Waals surface area (Å²) in [5, 5.41) is 6.69. The lowest BCUT2D eigenvalue weighted by atomic mass is 10.1. The van der Waals surface area contributed by atoms with E-state index in [0.29, 0.717) is 0 Å². The molecule has 1 heterocycles. The minimum absolute atomic E-state index is 0.851. The summed E-state index contributed by atoms with van der Waals surface area (Å²) < 4.78 is 1.05. The number of nitrogens with one attached hydrogen (secondary N) is 1. The average Bonchev–Trinajstić information content (AvgIpc) is 2.53. The highest BCUT2D eigenvalue weighted by Crippen LogP contribution is 2.16. The molecule has 3 aromatic rings. The van der Waals surface area contributed by atoms with Crippen LogP contribution in [0.15, 0.2) is 70.4 Å². The third-order valence-electron chi connectivity index (χ3n) is 3.20. The summed E-state index contributed by atoms with van der Waals surface area (Å²) in [5.41, 5.74) is 5.71. The highest BCUT2D eigenvalue weighted by Gasteiger charge is 2.01. The lowest BCUT2D eigenvalue weighted by molar-refractivity contribution is 1.26. The van der Waals surface area contributed by atoms with Crippen molar-refractivity contribution in [3.63, 3.8) is 0 Å². The number of fused-ring (bicyclic) bond motifs is 1. The molecule has 0 saturated heterocycles. The Balaban J connectivity index is 1.83. The molecule has 2 aromatic carbocycles. The third kappa shape index (κ3) is 3.28. The summed E-state index contributed by atoms with van der Waals surface area (Å²) in [6.45, 7) is 1.95. The Morgan fingerprint density at radius 2 is 1.76 bits per heavy atom. The van der Waals surface area contributed by atoms with Crippen LogP contribution in [0.1, 0.15) is 12.6 Å². The maximum Gasteiger partial charge on any atom is 0.0865 e. The van der Waals surface area contributed by atoms with Gasteiger partial charge in [-0.25, -0.2) is 0 Å². The van der Waals surface area contributed by atoms with Gasteiger partial charge in [0.15, 0.2) is 0 Å². The molecule has 0 atom stereocenters. The van der Waals surface area contributed by atoms with Gasteiger partial charge in [-0.1, -0.05) is 40.2 Å². The quantitative estimate of drug-likeness (QED) is 0.548. The van der Waals surface area contributed by atoms with Gasteiger partial charge in [0.1, 0.15) is 0 Å². The van der Waals surface area contributed by atoms with Crippen LogP contribution in [0.4, 0.5) is 5.69 Å². The summed E-state index contributed by atoms with van der Waals surface area (Å²) >= 11 is 3.41. The molecule has 0 bridgehead atoms. The molecule has 0 spiro atoms. The molecule has 1 N–H and O–H groups in total. The van der Waals surface area contributed by atoms with Gasteiger partial charge in [-0.3, -0.25) is 10.4 Å². The summed E-state index contributed by atoms with van der Waals surface area (Å²) in [4.78, 5) is 4.45. The van der Waals surface area contributed by atoms with Crippen molar-refractivity contribution in [3.05, 3.63) is 71.0 Å². The molecular formula is C17H14BrN3. The van der Waals surface area contributed by atoms with Crippen LogP contribution in [0.3, 0.4) is 0 Å². The van der Waals surface area contributed by atoms with E-state index in [2.05, 4.69) is 49.6 Å². The van der Waals surface area contributed by atoms with E-state index in [0.717, 1.165) is 27.0 Å². The maximum atomic E-state index is 4.45.